The summed E-state index contributed by atoms with van der Waals surface area (Å²) in [5, 5.41) is 6.55. The van der Waals surface area contributed by atoms with Crippen LogP contribution in [0.3, 0.4) is 0 Å². The van der Waals surface area contributed by atoms with Crippen LogP contribution in [0.5, 0.6) is 0 Å². The summed E-state index contributed by atoms with van der Waals surface area (Å²) >= 11 is 9.76. The van der Waals surface area contributed by atoms with E-state index >= 15 is 0 Å². The highest BCUT2D eigenvalue weighted by atomic mass is 79.9. The summed E-state index contributed by atoms with van der Waals surface area (Å²) in [7, 11) is 0. The number of aryl methyl sites for hydroxylation is 1. The highest BCUT2D eigenvalue weighted by Gasteiger charge is 2.06. The largest absolute Gasteiger partial charge is 0.380 e. The molecule has 0 aliphatic heterocycles. The first-order valence-corrected chi connectivity index (χ1v) is 7.83. The van der Waals surface area contributed by atoms with Crippen molar-refractivity contribution < 1.29 is 0 Å². The molecule has 0 fully saturated rings. The van der Waals surface area contributed by atoms with Crippen molar-refractivity contribution in [2.24, 2.45) is 0 Å². The van der Waals surface area contributed by atoms with Gasteiger partial charge < -0.3 is 5.32 Å². The molecule has 21 heavy (non-hydrogen) atoms. The minimum Gasteiger partial charge on any atom is -0.380 e. The Morgan fingerprint density at radius 3 is 2.86 bits per heavy atom. The van der Waals surface area contributed by atoms with E-state index in [-0.39, 0.29) is 0 Å². The maximum absolute atomic E-state index is 6.19. The summed E-state index contributed by atoms with van der Waals surface area (Å²) in [6, 6.07) is 12.2. The molecule has 3 aromatic rings. The van der Waals surface area contributed by atoms with E-state index in [0.717, 1.165) is 31.7 Å². The fourth-order valence-electron chi connectivity index (χ4n) is 2.29. The third-order valence-corrected chi connectivity index (χ3v) is 4.53. The lowest BCUT2D eigenvalue weighted by Gasteiger charge is -2.12. The van der Waals surface area contributed by atoms with Crippen LogP contribution in [0.15, 0.2) is 53.3 Å². The molecule has 1 aromatic heterocycles. The van der Waals surface area contributed by atoms with Gasteiger partial charge in [0, 0.05) is 33.8 Å². The Labute approximate surface area is 137 Å². The monoisotopic (exact) mass is 360 g/mol. The smallest absolute Gasteiger partial charge is 0.0502 e. The molecule has 0 radical (unpaired) electrons. The number of fused-ring (bicyclic) bond motifs is 1. The number of benzene rings is 2. The van der Waals surface area contributed by atoms with E-state index in [9.17, 15) is 0 Å². The Hall–Kier alpha value is -1.58. The normalized spacial score (nSPS) is 10.8. The zero-order valence-electron chi connectivity index (χ0n) is 11.5. The van der Waals surface area contributed by atoms with Gasteiger partial charge in [-0.15, -0.1) is 0 Å². The van der Waals surface area contributed by atoms with Gasteiger partial charge in [0.1, 0.15) is 0 Å². The van der Waals surface area contributed by atoms with Crippen molar-refractivity contribution in [3.05, 3.63) is 69.4 Å². The Morgan fingerprint density at radius 1 is 1.19 bits per heavy atom. The number of anilines is 1. The standard InChI is InChI=1S/C17H14BrClN2/c1-11-6-15(18)17(7-16(11)19)21-10-13-9-20-8-12-4-2-3-5-14(12)13/h2-9,21H,10H2,1H3. The van der Waals surface area contributed by atoms with Crippen LogP contribution in [0.4, 0.5) is 5.69 Å². The Kier molecular flexibility index (Phi) is 4.13. The number of rotatable bonds is 3. The van der Waals surface area contributed by atoms with Gasteiger partial charge in [0.15, 0.2) is 0 Å². The van der Waals surface area contributed by atoms with Crippen LogP contribution in [0, 0.1) is 6.92 Å². The molecule has 0 amide bonds. The predicted octanol–water partition coefficient (Wildman–Crippen LogP) is 5.57. The minimum atomic E-state index is 0.701. The van der Waals surface area contributed by atoms with E-state index < -0.39 is 0 Å². The SMILES string of the molecule is Cc1cc(Br)c(NCc2cncc3ccccc23)cc1Cl. The van der Waals surface area contributed by atoms with Crippen LogP contribution in [-0.2, 0) is 6.54 Å². The number of aromatic nitrogens is 1. The predicted molar refractivity (Wildman–Crippen MR) is 93.0 cm³/mol. The third-order valence-electron chi connectivity index (χ3n) is 3.47. The first kappa shape index (κ1) is 14.4. The first-order chi connectivity index (χ1) is 10.1. The van der Waals surface area contributed by atoms with Gasteiger partial charge in [0.25, 0.3) is 0 Å². The molecule has 3 rings (SSSR count). The van der Waals surface area contributed by atoms with Crippen LogP contribution in [0.1, 0.15) is 11.1 Å². The molecule has 0 aliphatic carbocycles. The topological polar surface area (TPSA) is 24.9 Å². The highest BCUT2D eigenvalue weighted by molar-refractivity contribution is 9.10. The maximum Gasteiger partial charge on any atom is 0.0502 e. The van der Waals surface area contributed by atoms with E-state index in [2.05, 4.69) is 38.4 Å². The summed E-state index contributed by atoms with van der Waals surface area (Å²) in [4.78, 5) is 4.30. The zero-order valence-corrected chi connectivity index (χ0v) is 13.9. The van der Waals surface area contributed by atoms with E-state index in [4.69, 9.17) is 11.6 Å². The molecule has 2 nitrogen and oxygen atoms in total. The molecule has 0 spiro atoms. The third kappa shape index (κ3) is 3.04. The van der Waals surface area contributed by atoms with Gasteiger partial charge in [-0.3, -0.25) is 4.98 Å². The maximum atomic E-state index is 6.19. The Morgan fingerprint density at radius 2 is 2.00 bits per heavy atom. The quantitative estimate of drug-likeness (QED) is 0.659. The molecule has 0 unspecified atom stereocenters. The number of pyridine rings is 1. The lowest BCUT2D eigenvalue weighted by Crippen LogP contribution is -2.01. The molecule has 0 bridgehead atoms. The van der Waals surface area contributed by atoms with Crippen molar-refractivity contribution in [3.8, 4) is 0 Å². The summed E-state index contributed by atoms with van der Waals surface area (Å²) in [5.41, 5.74) is 3.20. The first-order valence-electron chi connectivity index (χ1n) is 6.66. The fourth-order valence-corrected chi connectivity index (χ4v) is 3.05. The van der Waals surface area contributed by atoms with Gasteiger partial charge in [-0.25, -0.2) is 0 Å². The van der Waals surface area contributed by atoms with Crippen molar-refractivity contribution in [1.82, 2.24) is 4.98 Å². The summed E-state index contributed by atoms with van der Waals surface area (Å²) in [6.07, 6.45) is 3.79. The number of halogens is 2. The number of nitrogens with one attached hydrogen (secondary N) is 1. The van der Waals surface area contributed by atoms with Crippen molar-refractivity contribution >= 4 is 44.0 Å². The second kappa shape index (κ2) is 6.04. The summed E-state index contributed by atoms with van der Waals surface area (Å²) in [6.45, 7) is 2.69. The van der Waals surface area contributed by atoms with Crippen LogP contribution in [-0.4, -0.2) is 4.98 Å². The number of hydrogen-bond donors (Lipinski definition) is 1. The molecule has 106 valence electrons. The van der Waals surface area contributed by atoms with Crippen LogP contribution in [0.25, 0.3) is 10.8 Å². The molecule has 1 N–H and O–H groups in total. The van der Waals surface area contributed by atoms with E-state index in [1.807, 2.05) is 43.6 Å². The molecule has 0 saturated heterocycles. The number of nitrogens with zero attached hydrogens (tertiary/aromatic N) is 1. The molecular weight excluding hydrogens is 348 g/mol. The highest BCUT2D eigenvalue weighted by Crippen LogP contribution is 2.30. The second-order valence-corrected chi connectivity index (χ2v) is 6.22. The van der Waals surface area contributed by atoms with Gasteiger partial charge >= 0.3 is 0 Å². The summed E-state index contributed by atoms with van der Waals surface area (Å²) in [5.74, 6) is 0. The van der Waals surface area contributed by atoms with E-state index in [0.29, 0.717) is 6.54 Å². The van der Waals surface area contributed by atoms with Gasteiger partial charge in [-0.05, 0) is 51.5 Å². The molecule has 0 aliphatic rings. The molecule has 1 heterocycles. The van der Waals surface area contributed by atoms with Gasteiger partial charge in [-0.2, -0.15) is 0 Å². The van der Waals surface area contributed by atoms with Gasteiger partial charge in [0.2, 0.25) is 0 Å². The average molecular weight is 362 g/mol. The number of hydrogen-bond acceptors (Lipinski definition) is 2. The van der Waals surface area contributed by atoms with Crippen molar-refractivity contribution in [1.29, 1.82) is 0 Å². The lowest BCUT2D eigenvalue weighted by molar-refractivity contribution is 1.13. The minimum absolute atomic E-state index is 0.701. The molecule has 2 aromatic carbocycles. The molecular formula is C17H14BrClN2. The van der Waals surface area contributed by atoms with E-state index in [1.165, 1.54) is 5.39 Å². The van der Waals surface area contributed by atoms with E-state index in [1.54, 1.807) is 0 Å². The molecule has 0 atom stereocenters. The Bertz CT molecular complexity index is 797. The van der Waals surface area contributed by atoms with Crippen LogP contribution in [0.2, 0.25) is 5.02 Å². The average Bonchev–Trinajstić information content (AvgIpc) is 2.49. The summed E-state index contributed by atoms with van der Waals surface area (Å²) < 4.78 is 1.01. The fraction of sp³-hybridized carbons (Fsp3) is 0.118. The van der Waals surface area contributed by atoms with Crippen LogP contribution < -0.4 is 5.32 Å². The van der Waals surface area contributed by atoms with Gasteiger partial charge in [0.05, 0.1) is 5.69 Å². The second-order valence-electron chi connectivity index (χ2n) is 4.95. The van der Waals surface area contributed by atoms with Crippen molar-refractivity contribution in [2.75, 3.05) is 5.32 Å². The van der Waals surface area contributed by atoms with Gasteiger partial charge in [-0.1, -0.05) is 35.9 Å². The lowest BCUT2D eigenvalue weighted by atomic mass is 10.1. The molecule has 0 saturated carbocycles. The van der Waals surface area contributed by atoms with Crippen molar-refractivity contribution in [2.45, 2.75) is 13.5 Å². The molecule has 4 heteroatoms. The zero-order chi connectivity index (χ0) is 14.8. The van der Waals surface area contributed by atoms with Crippen molar-refractivity contribution in [3.63, 3.8) is 0 Å². The van der Waals surface area contributed by atoms with Crippen LogP contribution >= 0.6 is 27.5 Å². The Balaban J connectivity index is 1.89.